The van der Waals surface area contributed by atoms with Crippen LogP contribution in [0.15, 0.2) is 35.9 Å². The first-order valence-electron chi connectivity index (χ1n) is 13.2. The van der Waals surface area contributed by atoms with Crippen LogP contribution in [0.25, 0.3) is 0 Å². The van der Waals surface area contributed by atoms with E-state index in [9.17, 15) is 9.59 Å². The van der Waals surface area contributed by atoms with Gasteiger partial charge >= 0.3 is 12.2 Å². The predicted molar refractivity (Wildman–Crippen MR) is 142 cm³/mol. The van der Waals surface area contributed by atoms with E-state index in [0.29, 0.717) is 24.6 Å². The smallest absolute Gasteiger partial charge is 0.410 e. The van der Waals surface area contributed by atoms with E-state index in [-0.39, 0.29) is 11.8 Å². The minimum absolute atomic E-state index is 0.103. The van der Waals surface area contributed by atoms with Crippen molar-refractivity contribution >= 4 is 12.2 Å². The first-order valence-corrected chi connectivity index (χ1v) is 13.2. The maximum absolute atomic E-state index is 12.6. The van der Waals surface area contributed by atoms with Gasteiger partial charge in [-0.2, -0.15) is 0 Å². The number of nitrogens with one attached hydrogen (secondary N) is 2. The van der Waals surface area contributed by atoms with Crippen LogP contribution in [0.3, 0.4) is 0 Å². The Morgan fingerprint density at radius 3 is 2.03 bits per heavy atom. The molecule has 0 aromatic heterocycles. The molecule has 1 aromatic carbocycles. The van der Waals surface area contributed by atoms with Gasteiger partial charge in [0, 0.05) is 24.6 Å². The third kappa shape index (κ3) is 8.75. The van der Waals surface area contributed by atoms with Crippen molar-refractivity contribution in [2.75, 3.05) is 13.1 Å². The average molecular weight is 485 g/mol. The van der Waals surface area contributed by atoms with Gasteiger partial charge in [-0.3, -0.25) is 0 Å². The molecule has 1 aliphatic carbocycles. The van der Waals surface area contributed by atoms with Gasteiger partial charge in [-0.1, -0.05) is 57.4 Å². The second-order valence-electron chi connectivity index (χ2n) is 9.63. The normalized spacial score (nSPS) is 17.3. The summed E-state index contributed by atoms with van der Waals surface area (Å²) in [5, 5.41) is 5.60. The summed E-state index contributed by atoms with van der Waals surface area (Å²) >= 11 is 0. The number of hydrogen-bond donors (Lipinski definition) is 2. The zero-order valence-electron chi connectivity index (χ0n) is 22.3. The molecule has 2 atom stereocenters. The first-order chi connectivity index (χ1) is 16.8. The topological polar surface area (TPSA) is 76.7 Å². The lowest BCUT2D eigenvalue weighted by Crippen LogP contribution is -2.30. The molecule has 0 spiro atoms. The fourth-order valence-corrected chi connectivity index (χ4v) is 4.51. The average Bonchev–Trinajstić information content (AvgIpc) is 2.81. The van der Waals surface area contributed by atoms with Crippen LogP contribution < -0.4 is 20.1 Å². The molecule has 35 heavy (non-hydrogen) atoms. The third-order valence-corrected chi connectivity index (χ3v) is 6.39. The van der Waals surface area contributed by atoms with Gasteiger partial charge in [0.15, 0.2) is 0 Å². The van der Waals surface area contributed by atoms with Crippen molar-refractivity contribution < 1.29 is 19.1 Å². The highest BCUT2D eigenvalue weighted by Crippen LogP contribution is 2.47. The largest absolute Gasteiger partial charge is 0.412 e. The van der Waals surface area contributed by atoms with Crippen molar-refractivity contribution in [2.24, 2.45) is 5.92 Å². The van der Waals surface area contributed by atoms with Crippen LogP contribution in [-0.2, 0) is 6.42 Å². The Labute approximate surface area is 211 Å². The lowest BCUT2D eigenvalue weighted by Gasteiger charge is -2.32. The fraction of sp³-hybridized carbons (Fsp3) is 0.586. The number of ether oxygens (including phenoxy) is 2. The van der Waals surface area contributed by atoms with Crippen molar-refractivity contribution in [3.05, 3.63) is 47.1 Å². The molecule has 1 aromatic rings. The van der Waals surface area contributed by atoms with E-state index < -0.39 is 12.2 Å². The van der Waals surface area contributed by atoms with Crippen LogP contribution in [0, 0.1) is 5.92 Å². The van der Waals surface area contributed by atoms with Crippen molar-refractivity contribution in [1.29, 1.82) is 0 Å². The number of carbonyl (C=O) groups excluding carboxylic acids is 2. The number of hydrogen-bond acceptors (Lipinski definition) is 4. The molecular weight excluding hydrogens is 440 g/mol. The Hall–Kier alpha value is -2.76. The molecule has 0 fully saturated rings. The highest BCUT2D eigenvalue weighted by atomic mass is 16.6. The van der Waals surface area contributed by atoms with Gasteiger partial charge in [0.2, 0.25) is 0 Å². The van der Waals surface area contributed by atoms with Gasteiger partial charge in [-0.15, -0.1) is 0 Å². The Kier molecular flexibility index (Phi) is 11.9. The van der Waals surface area contributed by atoms with Crippen LogP contribution in [0.2, 0.25) is 0 Å². The number of rotatable bonds is 12. The summed E-state index contributed by atoms with van der Waals surface area (Å²) < 4.78 is 11.8. The summed E-state index contributed by atoms with van der Waals surface area (Å²) in [5.74, 6) is 0.960. The van der Waals surface area contributed by atoms with Gasteiger partial charge in [0.25, 0.3) is 0 Å². The third-order valence-electron chi connectivity index (χ3n) is 6.39. The summed E-state index contributed by atoms with van der Waals surface area (Å²) in [7, 11) is 0. The van der Waals surface area contributed by atoms with E-state index in [0.717, 1.165) is 68.1 Å². The highest BCUT2D eigenvalue weighted by Gasteiger charge is 2.32. The van der Waals surface area contributed by atoms with Crippen LogP contribution in [-0.4, -0.2) is 25.3 Å². The minimum atomic E-state index is -0.497. The highest BCUT2D eigenvalue weighted by molar-refractivity contribution is 5.74. The van der Waals surface area contributed by atoms with Crippen LogP contribution in [0.1, 0.15) is 96.6 Å². The Morgan fingerprint density at radius 2 is 1.54 bits per heavy atom. The number of allylic oxidation sites excluding steroid dienone is 3. The molecule has 194 valence electrons. The summed E-state index contributed by atoms with van der Waals surface area (Å²) in [5.41, 5.74) is 4.05. The first kappa shape index (κ1) is 28.5. The molecule has 0 radical (unpaired) electrons. The van der Waals surface area contributed by atoms with Gasteiger partial charge < -0.3 is 20.1 Å². The molecule has 0 saturated carbocycles. The summed E-state index contributed by atoms with van der Waals surface area (Å²) in [6.07, 6.45) is 8.82. The zero-order valence-corrected chi connectivity index (χ0v) is 22.3. The lowest BCUT2D eigenvalue weighted by molar-refractivity contribution is 0.197. The molecular formula is C29H44N2O4. The van der Waals surface area contributed by atoms with Crippen LogP contribution >= 0.6 is 0 Å². The van der Waals surface area contributed by atoms with E-state index >= 15 is 0 Å². The zero-order chi connectivity index (χ0) is 25.8. The predicted octanol–water partition coefficient (Wildman–Crippen LogP) is 7.43. The molecule has 0 saturated heterocycles. The van der Waals surface area contributed by atoms with Gasteiger partial charge in [-0.25, -0.2) is 9.59 Å². The number of amides is 2. The quantitative estimate of drug-likeness (QED) is 0.239. The molecule has 0 heterocycles. The van der Waals surface area contributed by atoms with E-state index in [1.807, 2.05) is 32.9 Å². The lowest BCUT2D eigenvalue weighted by atomic mass is 9.73. The monoisotopic (exact) mass is 484 g/mol. The Balaban J connectivity index is 2.62. The number of unbranched alkanes of at least 4 members (excludes halogenated alkanes) is 2. The van der Waals surface area contributed by atoms with Crippen molar-refractivity contribution in [1.82, 2.24) is 10.6 Å². The summed E-state index contributed by atoms with van der Waals surface area (Å²) in [4.78, 5) is 25.3. The fourth-order valence-electron chi connectivity index (χ4n) is 4.51. The van der Waals surface area contributed by atoms with E-state index in [4.69, 9.17) is 9.47 Å². The molecule has 1 aliphatic rings. The minimum Gasteiger partial charge on any atom is -0.410 e. The molecule has 6 nitrogen and oxygen atoms in total. The number of aryl methyl sites for hydroxylation is 1. The molecule has 0 bridgehead atoms. The molecule has 2 amide bonds. The maximum atomic E-state index is 12.6. The Bertz CT molecular complexity index is 863. The molecule has 2 N–H and O–H groups in total. The number of carbonyl (C=O) groups is 2. The molecule has 0 unspecified atom stereocenters. The molecule has 2 rings (SSSR count). The van der Waals surface area contributed by atoms with E-state index in [1.54, 1.807) is 0 Å². The molecule has 0 aliphatic heterocycles. The van der Waals surface area contributed by atoms with Gasteiger partial charge in [-0.05, 0) is 76.0 Å². The van der Waals surface area contributed by atoms with Crippen molar-refractivity contribution in [3.63, 3.8) is 0 Å². The second-order valence-corrected chi connectivity index (χ2v) is 9.63. The summed E-state index contributed by atoms with van der Waals surface area (Å²) in [6.45, 7) is 15.6. The standard InChI is InChI=1S/C29H44N2O4/c1-7-10-11-12-22-18-25(34-28(32)30-15-8-2)27(26(19-22)35-29(33)31-16-9-3)24-17-21(6)13-14-23(24)20(4)5/h17-19,23-24H,4,7-16H2,1-3,5-6H3,(H,30,32)(H,31,33)/t23-,24+/m0/s1. The van der Waals surface area contributed by atoms with Crippen LogP contribution in [0.4, 0.5) is 9.59 Å². The second kappa shape index (κ2) is 14.6. The number of benzene rings is 1. The van der Waals surface area contributed by atoms with Crippen LogP contribution in [0.5, 0.6) is 11.5 Å². The maximum Gasteiger partial charge on any atom is 0.412 e. The van der Waals surface area contributed by atoms with Crippen molar-refractivity contribution in [3.8, 4) is 11.5 Å². The van der Waals surface area contributed by atoms with E-state index in [2.05, 4.69) is 37.1 Å². The SMILES string of the molecule is C=C(C)[C@@H]1CCC(C)=C[C@H]1c1c(OC(=O)NCCC)cc(CCCCC)cc1OC(=O)NCCC. The Morgan fingerprint density at radius 1 is 0.971 bits per heavy atom. The van der Waals surface area contributed by atoms with E-state index in [1.165, 1.54) is 5.57 Å². The van der Waals surface area contributed by atoms with Gasteiger partial charge in [0.05, 0.1) is 0 Å². The van der Waals surface area contributed by atoms with Gasteiger partial charge in [0.1, 0.15) is 11.5 Å². The molecule has 6 heteroatoms. The van der Waals surface area contributed by atoms with Crippen molar-refractivity contribution in [2.45, 2.75) is 91.9 Å². The summed E-state index contributed by atoms with van der Waals surface area (Å²) in [6, 6.07) is 3.89.